The first kappa shape index (κ1) is 16.9. The summed E-state index contributed by atoms with van der Waals surface area (Å²) in [7, 11) is 0. The zero-order valence-corrected chi connectivity index (χ0v) is 15.3. The highest BCUT2D eigenvalue weighted by Crippen LogP contribution is 2.25. The average Bonchev–Trinajstić information content (AvgIpc) is 3.08. The molecule has 3 aromatic rings. The number of ether oxygens (including phenoxy) is 1. The van der Waals surface area contributed by atoms with Gasteiger partial charge in [0.2, 0.25) is 5.16 Å². The molecule has 1 aliphatic heterocycles. The van der Waals surface area contributed by atoms with E-state index in [2.05, 4.69) is 10.2 Å². The SMILES string of the molecule is O=C1CSc2nnc(COc3ccc(Cl)cc3)n2N1Cc1ccccc1. The number of hydrogen-bond donors (Lipinski definition) is 0. The standard InChI is InChI=1S/C18H15ClN4O2S/c19-14-6-8-15(9-7-14)25-11-16-20-21-18-23(16)22(17(24)12-26-18)10-13-4-2-1-3-5-13/h1-9H,10-12H2. The summed E-state index contributed by atoms with van der Waals surface area (Å²) in [5.74, 6) is 1.62. The lowest BCUT2D eigenvalue weighted by Crippen LogP contribution is -2.45. The van der Waals surface area contributed by atoms with Crippen LogP contribution in [0.2, 0.25) is 5.02 Å². The van der Waals surface area contributed by atoms with Crippen LogP contribution in [0.1, 0.15) is 11.4 Å². The monoisotopic (exact) mass is 386 g/mol. The van der Waals surface area contributed by atoms with E-state index in [4.69, 9.17) is 16.3 Å². The molecule has 2 aromatic carbocycles. The Bertz CT molecular complexity index is 915. The number of hydrogen-bond acceptors (Lipinski definition) is 5. The minimum atomic E-state index is 0.0129. The number of halogens is 1. The van der Waals surface area contributed by atoms with Crippen molar-refractivity contribution in [3.63, 3.8) is 0 Å². The number of carbonyl (C=O) groups is 1. The normalized spacial score (nSPS) is 13.6. The van der Waals surface area contributed by atoms with Crippen molar-refractivity contribution in [2.45, 2.75) is 18.3 Å². The van der Waals surface area contributed by atoms with E-state index in [0.717, 1.165) is 5.56 Å². The first-order chi connectivity index (χ1) is 12.7. The van der Waals surface area contributed by atoms with Gasteiger partial charge in [0.05, 0.1) is 12.3 Å². The smallest absolute Gasteiger partial charge is 0.252 e. The fourth-order valence-corrected chi connectivity index (χ4v) is 3.58. The highest BCUT2D eigenvalue weighted by molar-refractivity contribution is 7.99. The van der Waals surface area contributed by atoms with Crippen LogP contribution in [0.3, 0.4) is 0 Å². The van der Waals surface area contributed by atoms with Crippen LogP contribution < -0.4 is 9.75 Å². The number of rotatable bonds is 5. The van der Waals surface area contributed by atoms with Gasteiger partial charge in [0.15, 0.2) is 5.82 Å². The predicted octanol–water partition coefficient (Wildman–Crippen LogP) is 3.28. The number of thioether (sulfide) groups is 1. The topological polar surface area (TPSA) is 60.2 Å². The van der Waals surface area contributed by atoms with E-state index in [-0.39, 0.29) is 12.5 Å². The minimum Gasteiger partial charge on any atom is -0.486 e. The maximum atomic E-state index is 12.5. The summed E-state index contributed by atoms with van der Waals surface area (Å²) in [6.45, 7) is 0.660. The Labute approximate surface area is 159 Å². The predicted molar refractivity (Wildman–Crippen MR) is 99.9 cm³/mol. The van der Waals surface area contributed by atoms with E-state index >= 15 is 0 Å². The summed E-state index contributed by atoms with van der Waals surface area (Å²) in [4.78, 5) is 12.5. The van der Waals surface area contributed by atoms with Crippen molar-refractivity contribution in [1.29, 1.82) is 0 Å². The molecule has 0 spiro atoms. The van der Waals surface area contributed by atoms with Crippen LogP contribution in [0.15, 0.2) is 59.8 Å². The van der Waals surface area contributed by atoms with Crippen LogP contribution in [0.25, 0.3) is 0 Å². The van der Waals surface area contributed by atoms with Gasteiger partial charge in [0, 0.05) is 5.02 Å². The number of carbonyl (C=O) groups excluding carboxylic acids is 1. The molecule has 132 valence electrons. The molecule has 8 heteroatoms. The fraction of sp³-hybridized carbons (Fsp3) is 0.167. The Morgan fingerprint density at radius 3 is 2.62 bits per heavy atom. The quantitative estimate of drug-likeness (QED) is 0.673. The largest absolute Gasteiger partial charge is 0.486 e. The highest BCUT2D eigenvalue weighted by Gasteiger charge is 2.29. The second kappa shape index (κ2) is 7.39. The second-order valence-corrected chi connectivity index (χ2v) is 7.06. The Kier molecular flexibility index (Phi) is 4.81. The summed E-state index contributed by atoms with van der Waals surface area (Å²) in [6.07, 6.45) is 0. The fourth-order valence-electron chi connectivity index (χ4n) is 2.62. The second-order valence-electron chi connectivity index (χ2n) is 5.68. The molecular formula is C18H15ClN4O2S. The molecule has 0 aliphatic carbocycles. The van der Waals surface area contributed by atoms with Crippen LogP contribution in [0.4, 0.5) is 0 Å². The van der Waals surface area contributed by atoms with E-state index in [1.807, 2.05) is 30.3 Å². The van der Waals surface area contributed by atoms with Crippen molar-refractivity contribution in [1.82, 2.24) is 14.9 Å². The van der Waals surface area contributed by atoms with Crippen molar-refractivity contribution in [2.24, 2.45) is 0 Å². The van der Waals surface area contributed by atoms with Crippen molar-refractivity contribution < 1.29 is 9.53 Å². The molecule has 6 nitrogen and oxygen atoms in total. The summed E-state index contributed by atoms with van der Waals surface area (Å²) in [5.41, 5.74) is 1.04. The van der Waals surface area contributed by atoms with Gasteiger partial charge in [-0.15, -0.1) is 10.2 Å². The maximum absolute atomic E-state index is 12.5. The number of aromatic nitrogens is 3. The van der Waals surface area contributed by atoms with Crippen molar-refractivity contribution in [3.05, 3.63) is 71.0 Å². The molecule has 0 saturated carbocycles. The van der Waals surface area contributed by atoms with E-state index in [1.165, 1.54) is 11.8 Å². The van der Waals surface area contributed by atoms with Crippen LogP contribution in [0.5, 0.6) is 5.75 Å². The van der Waals surface area contributed by atoms with Gasteiger partial charge in [0.1, 0.15) is 12.4 Å². The molecule has 2 heterocycles. The van der Waals surface area contributed by atoms with Gasteiger partial charge in [0.25, 0.3) is 5.91 Å². The molecule has 0 atom stereocenters. The Morgan fingerprint density at radius 1 is 1.08 bits per heavy atom. The van der Waals surface area contributed by atoms with Gasteiger partial charge in [-0.3, -0.25) is 4.79 Å². The lowest BCUT2D eigenvalue weighted by Gasteiger charge is -2.29. The zero-order chi connectivity index (χ0) is 17.9. The molecule has 0 saturated heterocycles. The van der Waals surface area contributed by atoms with Gasteiger partial charge in [-0.2, -0.15) is 0 Å². The van der Waals surface area contributed by atoms with E-state index in [0.29, 0.717) is 34.1 Å². The molecule has 0 fully saturated rings. The third-order valence-electron chi connectivity index (χ3n) is 3.89. The van der Waals surface area contributed by atoms with E-state index in [9.17, 15) is 4.79 Å². The van der Waals surface area contributed by atoms with Crippen LogP contribution in [-0.2, 0) is 17.9 Å². The number of fused-ring (bicyclic) bond motifs is 1. The summed E-state index contributed by atoms with van der Waals surface area (Å²) < 4.78 is 7.53. The Morgan fingerprint density at radius 2 is 1.85 bits per heavy atom. The lowest BCUT2D eigenvalue weighted by atomic mass is 10.2. The molecule has 1 aromatic heterocycles. The number of benzene rings is 2. The summed E-state index contributed by atoms with van der Waals surface area (Å²) in [6, 6.07) is 16.9. The first-order valence-electron chi connectivity index (χ1n) is 8.01. The van der Waals surface area contributed by atoms with Gasteiger partial charge in [-0.25, -0.2) is 9.69 Å². The van der Waals surface area contributed by atoms with Gasteiger partial charge in [-0.1, -0.05) is 53.7 Å². The zero-order valence-electron chi connectivity index (χ0n) is 13.7. The minimum absolute atomic E-state index is 0.0129. The summed E-state index contributed by atoms with van der Waals surface area (Å²) in [5, 5.41) is 11.4. The molecule has 26 heavy (non-hydrogen) atoms. The van der Waals surface area contributed by atoms with Crippen LogP contribution >= 0.6 is 23.4 Å². The maximum Gasteiger partial charge on any atom is 0.252 e. The van der Waals surface area contributed by atoms with Crippen molar-refractivity contribution in [3.8, 4) is 5.75 Å². The molecule has 0 radical (unpaired) electrons. The molecule has 1 amide bonds. The molecule has 1 aliphatic rings. The molecular weight excluding hydrogens is 372 g/mol. The Balaban J connectivity index is 1.57. The first-order valence-corrected chi connectivity index (χ1v) is 9.37. The van der Waals surface area contributed by atoms with Crippen molar-refractivity contribution in [2.75, 3.05) is 10.8 Å². The van der Waals surface area contributed by atoms with E-state index in [1.54, 1.807) is 34.0 Å². The van der Waals surface area contributed by atoms with Crippen LogP contribution in [0, 0.1) is 0 Å². The molecule has 4 rings (SSSR count). The Hall–Kier alpha value is -2.51. The lowest BCUT2D eigenvalue weighted by molar-refractivity contribution is -0.118. The third kappa shape index (κ3) is 3.54. The highest BCUT2D eigenvalue weighted by atomic mass is 35.5. The van der Waals surface area contributed by atoms with Gasteiger partial charge < -0.3 is 4.74 Å². The number of nitrogens with zero attached hydrogens (tertiary/aromatic N) is 4. The average molecular weight is 387 g/mol. The van der Waals surface area contributed by atoms with E-state index < -0.39 is 0 Å². The molecule has 0 unspecified atom stereocenters. The summed E-state index contributed by atoms with van der Waals surface area (Å²) >= 11 is 7.27. The third-order valence-corrected chi connectivity index (χ3v) is 5.04. The van der Waals surface area contributed by atoms with Crippen LogP contribution in [-0.4, -0.2) is 26.5 Å². The molecule has 0 bridgehead atoms. The molecule has 0 N–H and O–H groups in total. The number of amides is 1. The van der Waals surface area contributed by atoms with Gasteiger partial charge in [-0.05, 0) is 29.8 Å². The van der Waals surface area contributed by atoms with Gasteiger partial charge >= 0.3 is 0 Å². The van der Waals surface area contributed by atoms with Crippen molar-refractivity contribution >= 4 is 29.3 Å².